The van der Waals surface area contributed by atoms with E-state index in [1.54, 1.807) is 43.5 Å². The van der Waals surface area contributed by atoms with Gasteiger partial charge in [0, 0.05) is 38.2 Å². The molecule has 1 aliphatic heterocycles. The van der Waals surface area contributed by atoms with Crippen LogP contribution in [-0.4, -0.2) is 78.3 Å². The lowest BCUT2D eigenvalue weighted by Crippen LogP contribution is -2.42. The number of hydrogen-bond acceptors (Lipinski definition) is 6. The van der Waals surface area contributed by atoms with E-state index in [9.17, 15) is 23.5 Å². The maximum atomic E-state index is 14.2. The number of amides is 3. The Morgan fingerprint density at radius 1 is 1.07 bits per heavy atom. The lowest BCUT2D eigenvalue weighted by atomic mass is 9.94. The minimum absolute atomic E-state index is 0.0227. The third-order valence-electron chi connectivity index (χ3n) is 7.80. The highest BCUT2D eigenvalue weighted by atomic mass is 19.2. The number of hydrogen-bond donors (Lipinski definition) is 4. The maximum absolute atomic E-state index is 14.2. The normalized spacial score (nSPS) is 16.3. The van der Waals surface area contributed by atoms with Crippen molar-refractivity contribution in [2.24, 2.45) is 0 Å². The van der Waals surface area contributed by atoms with Gasteiger partial charge in [0.15, 0.2) is 17.5 Å². The number of likely N-dealkylation sites (tertiary alicyclic amines) is 1. The van der Waals surface area contributed by atoms with Gasteiger partial charge in [-0.3, -0.25) is 20.2 Å². The van der Waals surface area contributed by atoms with Crippen LogP contribution in [0.1, 0.15) is 24.0 Å². The molecule has 46 heavy (non-hydrogen) atoms. The Balaban J connectivity index is 1.47. The summed E-state index contributed by atoms with van der Waals surface area (Å²) in [6, 6.07) is 18.8. The number of nitrogens with zero attached hydrogens (tertiary/aromatic N) is 3. The summed E-state index contributed by atoms with van der Waals surface area (Å²) in [5.41, 5.74) is 2.20. The number of carbonyl (C=O) groups excluding carboxylic acids is 1. The van der Waals surface area contributed by atoms with Gasteiger partial charge in [-0.05, 0) is 42.3 Å². The minimum Gasteiger partial charge on any atom is -0.493 e. The fourth-order valence-electron chi connectivity index (χ4n) is 5.66. The molecule has 1 aliphatic rings. The van der Waals surface area contributed by atoms with Crippen molar-refractivity contribution in [1.82, 2.24) is 20.4 Å². The molecular weight excluding hydrogens is 598 g/mol. The van der Waals surface area contributed by atoms with Crippen molar-refractivity contribution in [1.29, 1.82) is 0 Å². The number of anilines is 2. The minimum atomic E-state index is -1.26. The number of halogens is 2. The molecule has 2 atom stereocenters. The number of carbonyl (C=O) groups is 2. The SMILES string of the molecule is CCOc1ccccc1-c1n[nH]c(NC(=O)N[C@@H]2CN(CCOC)C[C@H]2c2ccc(F)c(F)c2)c1N(Cc1ccccc1)C(=O)O. The largest absolute Gasteiger partial charge is 0.493 e. The molecule has 4 N–H and O–H groups in total. The van der Waals surface area contributed by atoms with Crippen LogP contribution in [0.25, 0.3) is 11.3 Å². The van der Waals surface area contributed by atoms with E-state index in [1.165, 1.54) is 6.07 Å². The molecule has 3 amide bonds. The zero-order valence-electron chi connectivity index (χ0n) is 25.5. The molecule has 3 aromatic carbocycles. The molecule has 1 saturated heterocycles. The van der Waals surface area contributed by atoms with Crippen molar-refractivity contribution in [3.8, 4) is 17.0 Å². The van der Waals surface area contributed by atoms with Crippen molar-refractivity contribution in [3.63, 3.8) is 0 Å². The van der Waals surface area contributed by atoms with Gasteiger partial charge in [0.25, 0.3) is 0 Å². The van der Waals surface area contributed by atoms with Crippen LogP contribution in [0.2, 0.25) is 0 Å². The van der Waals surface area contributed by atoms with Crippen LogP contribution in [0, 0.1) is 11.6 Å². The Labute approximate surface area is 265 Å². The number of para-hydroxylation sites is 1. The summed E-state index contributed by atoms with van der Waals surface area (Å²) in [7, 11) is 1.59. The fraction of sp³-hybridized carbons (Fsp3) is 0.303. The van der Waals surface area contributed by atoms with Crippen LogP contribution >= 0.6 is 0 Å². The zero-order valence-corrected chi connectivity index (χ0v) is 25.5. The van der Waals surface area contributed by atoms with Crippen LogP contribution in [-0.2, 0) is 11.3 Å². The van der Waals surface area contributed by atoms with E-state index in [0.717, 1.165) is 22.6 Å². The molecular formula is C33H36F2N6O5. The molecule has 1 aromatic heterocycles. The van der Waals surface area contributed by atoms with Gasteiger partial charge < -0.3 is 19.9 Å². The number of aromatic nitrogens is 2. The summed E-state index contributed by atoms with van der Waals surface area (Å²) in [5, 5.41) is 23.4. The molecule has 0 radical (unpaired) electrons. The molecule has 1 fully saturated rings. The summed E-state index contributed by atoms with van der Waals surface area (Å²) < 4.78 is 38.9. The Hall–Kier alpha value is -5.01. The number of carboxylic acid groups (broad SMARTS) is 1. The van der Waals surface area contributed by atoms with Gasteiger partial charge in [-0.15, -0.1) is 0 Å². The highest BCUT2D eigenvalue weighted by molar-refractivity contribution is 6.01. The van der Waals surface area contributed by atoms with Crippen LogP contribution in [0.3, 0.4) is 0 Å². The van der Waals surface area contributed by atoms with E-state index in [2.05, 4.69) is 25.7 Å². The number of rotatable bonds is 12. The monoisotopic (exact) mass is 634 g/mol. The number of benzene rings is 3. The summed E-state index contributed by atoms with van der Waals surface area (Å²) in [6.07, 6.45) is -1.26. The second kappa shape index (κ2) is 14.8. The number of nitrogens with one attached hydrogen (secondary N) is 3. The van der Waals surface area contributed by atoms with E-state index in [1.807, 2.05) is 25.1 Å². The van der Waals surface area contributed by atoms with Gasteiger partial charge in [-0.25, -0.2) is 18.4 Å². The van der Waals surface area contributed by atoms with Crippen molar-refractivity contribution in [2.45, 2.75) is 25.4 Å². The molecule has 0 unspecified atom stereocenters. The van der Waals surface area contributed by atoms with Gasteiger partial charge in [-0.1, -0.05) is 48.5 Å². The predicted octanol–water partition coefficient (Wildman–Crippen LogP) is 5.67. The summed E-state index contributed by atoms with van der Waals surface area (Å²) >= 11 is 0. The molecule has 13 heteroatoms. The standard InChI is InChI=1S/C33H36F2N6O5/c1-3-46-28-12-8-7-11-23(28)29-30(41(33(43)44)18-21-9-5-4-6-10-21)31(39-38-29)37-32(42)36-27-20-40(15-16-45-2)19-24(27)22-13-14-25(34)26(35)17-22/h4-14,17,24,27H,3,15-16,18-20H2,1-2H3,(H,43,44)(H3,36,37,38,39,42)/t24-,27+/m0/s1. The van der Waals surface area contributed by atoms with Gasteiger partial charge >= 0.3 is 12.1 Å². The summed E-state index contributed by atoms with van der Waals surface area (Å²) in [5.74, 6) is -1.72. The van der Waals surface area contributed by atoms with Crippen LogP contribution in [0.15, 0.2) is 72.8 Å². The first-order valence-corrected chi connectivity index (χ1v) is 14.9. The lowest BCUT2D eigenvalue weighted by Gasteiger charge is -2.23. The number of urea groups is 1. The first-order valence-electron chi connectivity index (χ1n) is 14.9. The Kier molecular flexibility index (Phi) is 10.5. The molecule has 0 aliphatic carbocycles. The second-order valence-electron chi connectivity index (χ2n) is 10.8. The molecule has 0 bridgehead atoms. The summed E-state index contributed by atoms with van der Waals surface area (Å²) in [4.78, 5) is 29.5. The molecule has 11 nitrogen and oxygen atoms in total. The van der Waals surface area contributed by atoms with Gasteiger partial charge in [0.1, 0.15) is 17.1 Å². The Morgan fingerprint density at radius 3 is 2.54 bits per heavy atom. The quantitative estimate of drug-likeness (QED) is 0.158. The topological polar surface area (TPSA) is 132 Å². The molecule has 2 heterocycles. The highest BCUT2D eigenvalue weighted by Crippen LogP contribution is 2.40. The fourth-order valence-corrected chi connectivity index (χ4v) is 5.66. The lowest BCUT2D eigenvalue weighted by molar-refractivity contribution is 0.159. The first-order chi connectivity index (χ1) is 22.3. The van der Waals surface area contributed by atoms with Crippen molar-refractivity contribution in [3.05, 3.63) is 95.6 Å². The molecule has 0 saturated carbocycles. The maximum Gasteiger partial charge on any atom is 0.412 e. The van der Waals surface area contributed by atoms with E-state index in [0.29, 0.717) is 49.7 Å². The van der Waals surface area contributed by atoms with E-state index in [4.69, 9.17) is 9.47 Å². The smallest absolute Gasteiger partial charge is 0.412 e. The van der Waals surface area contributed by atoms with Gasteiger partial charge in [0.2, 0.25) is 0 Å². The Bertz CT molecular complexity index is 1650. The third kappa shape index (κ3) is 7.44. The summed E-state index contributed by atoms with van der Waals surface area (Å²) in [6.45, 7) is 4.14. The first kappa shape index (κ1) is 32.4. The molecule has 0 spiro atoms. The number of ether oxygens (including phenoxy) is 2. The molecule has 242 valence electrons. The van der Waals surface area contributed by atoms with Crippen LogP contribution in [0.5, 0.6) is 5.75 Å². The van der Waals surface area contributed by atoms with Crippen LogP contribution < -0.4 is 20.3 Å². The molecule has 4 aromatic rings. The molecule has 5 rings (SSSR count). The number of H-pyrrole nitrogens is 1. The average molecular weight is 635 g/mol. The van der Waals surface area contributed by atoms with E-state index < -0.39 is 29.8 Å². The van der Waals surface area contributed by atoms with Gasteiger partial charge in [0.05, 0.1) is 25.8 Å². The van der Waals surface area contributed by atoms with E-state index in [-0.39, 0.29) is 29.7 Å². The predicted molar refractivity (Wildman–Crippen MR) is 169 cm³/mol. The van der Waals surface area contributed by atoms with Gasteiger partial charge in [-0.2, -0.15) is 5.10 Å². The number of methoxy groups -OCH3 is 1. The third-order valence-corrected chi connectivity index (χ3v) is 7.80. The van der Waals surface area contributed by atoms with Crippen molar-refractivity contribution >= 4 is 23.6 Å². The van der Waals surface area contributed by atoms with Crippen molar-refractivity contribution in [2.75, 3.05) is 50.2 Å². The average Bonchev–Trinajstić information content (AvgIpc) is 3.64. The Morgan fingerprint density at radius 2 is 1.83 bits per heavy atom. The van der Waals surface area contributed by atoms with Crippen LogP contribution in [0.4, 0.5) is 29.9 Å². The van der Waals surface area contributed by atoms with Crippen molar-refractivity contribution < 1.29 is 33.0 Å². The zero-order chi connectivity index (χ0) is 32.6. The highest BCUT2D eigenvalue weighted by Gasteiger charge is 2.36. The second-order valence-corrected chi connectivity index (χ2v) is 10.8. The number of aromatic amines is 1. The van der Waals surface area contributed by atoms with E-state index >= 15 is 0 Å².